The van der Waals surface area contributed by atoms with Gasteiger partial charge in [-0.05, 0) is 60.2 Å². The molecule has 0 saturated heterocycles. The lowest BCUT2D eigenvalue weighted by Gasteiger charge is -2.16. The molecule has 4 N–H and O–H groups in total. The maximum absolute atomic E-state index is 12.4. The molecule has 2 aromatic heterocycles. The van der Waals surface area contributed by atoms with E-state index in [4.69, 9.17) is 10.8 Å². The summed E-state index contributed by atoms with van der Waals surface area (Å²) in [6.45, 7) is 6.50. The van der Waals surface area contributed by atoms with Gasteiger partial charge in [-0.3, -0.25) is 4.79 Å². The average Bonchev–Trinajstić information content (AvgIpc) is 3.50. The molecule has 0 saturated carbocycles. The fourth-order valence-electron chi connectivity index (χ4n) is 4.49. The first-order valence-corrected chi connectivity index (χ1v) is 12.9. The van der Waals surface area contributed by atoms with Crippen molar-refractivity contribution in [2.24, 2.45) is 5.73 Å². The number of benzene rings is 2. The molecule has 2 aromatic carbocycles. The molecule has 0 aliphatic rings. The molecule has 4 aromatic rings. The first-order valence-electron chi connectivity index (χ1n) is 12.9. The minimum absolute atomic E-state index is 0.154. The smallest absolute Gasteiger partial charge is 0.267 e. The fourth-order valence-corrected chi connectivity index (χ4v) is 4.49. The van der Waals surface area contributed by atoms with Gasteiger partial charge in [0.2, 0.25) is 0 Å². The molecule has 0 bridgehead atoms. The number of tetrazole rings is 1. The molecule has 10 nitrogen and oxygen atoms in total. The van der Waals surface area contributed by atoms with E-state index in [-0.39, 0.29) is 12.3 Å². The molecule has 0 aliphatic carbocycles. The number of rotatable bonds is 12. The van der Waals surface area contributed by atoms with E-state index < -0.39 is 11.5 Å². The fraction of sp³-hybridized carbons (Fsp3) is 0.393. The highest BCUT2D eigenvalue weighted by Crippen LogP contribution is 2.27. The molecule has 0 aliphatic heterocycles. The Morgan fingerprint density at radius 3 is 2.21 bits per heavy atom. The van der Waals surface area contributed by atoms with Gasteiger partial charge in [0, 0.05) is 31.7 Å². The molecule has 200 valence electrons. The lowest BCUT2D eigenvalue weighted by atomic mass is 10.0. The maximum atomic E-state index is 12.4. The van der Waals surface area contributed by atoms with E-state index in [0.717, 1.165) is 40.9 Å². The van der Waals surface area contributed by atoms with Crippen LogP contribution in [0.2, 0.25) is 0 Å². The van der Waals surface area contributed by atoms with E-state index >= 15 is 0 Å². The number of nitrogens with two attached hydrogens (primary N) is 1. The van der Waals surface area contributed by atoms with E-state index in [1.54, 1.807) is 18.5 Å². The van der Waals surface area contributed by atoms with Gasteiger partial charge in [-0.25, -0.2) is 9.67 Å². The third-order valence-electron chi connectivity index (χ3n) is 6.41. The summed E-state index contributed by atoms with van der Waals surface area (Å²) in [5.41, 5.74) is 9.02. The van der Waals surface area contributed by atoms with Gasteiger partial charge in [0.25, 0.3) is 5.91 Å². The predicted octanol–water partition coefficient (Wildman–Crippen LogP) is 3.30. The monoisotopic (exact) mass is 517 g/mol. The molecule has 0 fully saturated rings. The van der Waals surface area contributed by atoms with Crippen LogP contribution in [0.4, 0.5) is 0 Å². The first-order chi connectivity index (χ1) is 18.2. The summed E-state index contributed by atoms with van der Waals surface area (Å²) >= 11 is 0. The van der Waals surface area contributed by atoms with Crippen LogP contribution in [0.25, 0.3) is 22.5 Å². The molecular formula is C28H35N7O3. The standard InChI is InChI=1S/C28H35N7O3/c1-4-7-23-30-25(28(2,3)38)24(26(29)37)34(23)18-19-8-10-20(11-9-19)21-12-14-22(15-13-21)27-31-32-33-35(27)16-5-6-17-36/h8-15,36,38H,4-7,16-18H2,1-3H3,(H2,29,37). The van der Waals surface area contributed by atoms with Gasteiger partial charge >= 0.3 is 0 Å². The van der Waals surface area contributed by atoms with Crippen LogP contribution in [-0.2, 0) is 25.1 Å². The van der Waals surface area contributed by atoms with Gasteiger partial charge < -0.3 is 20.5 Å². The Morgan fingerprint density at radius 2 is 1.63 bits per heavy atom. The highest BCUT2D eigenvalue weighted by molar-refractivity contribution is 5.92. The molecule has 0 spiro atoms. The van der Waals surface area contributed by atoms with Crippen molar-refractivity contribution in [3.63, 3.8) is 0 Å². The van der Waals surface area contributed by atoms with Crippen LogP contribution in [0.5, 0.6) is 0 Å². The Hall–Kier alpha value is -3.89. The van der Waals surface area contributed by atoms with E-state index in [9.17, 15) is 9.90 Å². The second kappa shape index (κ2) is 11.7. The molecule has 2 heterocycles. The molecule has 38 heavy (non-hydrogen) atoms. The number of amides is 1. The van der Waals surface area contributed by atoms with E-state index in [2.05, 4.69) is 20.5 Å². The van der Waals surface area contributed by atoms with Crippen LogP contribution in [0.3, 0.4) is 0 Å². The summed E-state index contributed by atoms with van der Waals surface area (Å²) < 4.78 is 3.58. The average molecular weight is 518 g/mol. The number of aliphatic hydroxyl groups is 2. The number of carbonyl (C=O) groups excluding carboxylic acids is 1. The van der Waals surface area contributed by atoms with Gasteiger partial charge in [0.05, 0.1) is 0 Å². The molecular weight excluding hydrogens is 482 g/mol. The zero-order valence-corrected chi connectivity index (χ0v) is 22.1. The first kappa shape index (κ1) is 27.2. The number of hydrogen-bond donors (Lipinski definition) is 3. The summed E-state index contributed by atoms with van der Waals surface area (Å²) in [5, 5.41) is 31.6. The Kier molecular flexibility index (Phi) is 8.33. The number of hydrogen-bond acceptors (Lipinski definition) is 7. The third kappa shape index (κ3) is 5.98. The van der Waals surface area contributed by atoms with Gasteiger partial charge in [0.15, 0.2) is 5.82 Å². The molecule has 4 rings (SSSR count). The van der Waals surface area contributed by atoms with Crippen molar-refractivity contribution in [3.05, 3.63) is 71.3 Å². The zero-order valence-electron chi connectivity index (χ0n) is 22.1. The molecule has 0 atom stereocenters. The largest absolute Gasteiger partial charge is 0.396 e. The Bertz CT molecular complexity index is 1370. The number of aliphatic hydroxyl groups excluding tert-OH is 1. The Balaban J connectivity index is 1.55. The number of unbranched alkanes of at least 4 members (excludes halogenated alkanes) is 1. The van der Waals surface area contributed by atoms with Crippen molar-refractivity contribution in [3.8, 4) is 22.5 Å². The summed E-state index contributed by atoms with van der Waals surface area (Å²) in [6, 6.07) is 16.2. The number of nitrogens with zero attached hydrogens (tertiary/aromatic N) is 6. The molecule has 0 radical (unpaired) electrons. The quantitative estimate of drug-likeness (QED) is 0.244. The highest BCUT2D eigenvalue weighted by Gasteiger charge is 2.30. The number of aromatic nitrogens is 6. The highest BCUT2D eigenvalue weighted by atomic mass is 16.3. The van der Waals surface area contributed by atoms with Crippen LogP contribution in [-0.4, -0.2) is 52.5 Å². The number of primary amides is 1. The number of imidazole rings is 1. The molecule has 10 heteroatoms. The van der Waals surface area contributed by atoms with E-state index in [0.29, 0.717) is 37.4 Å². The lowest BCUT2D eigenvalue weighted by molar-refractivity contribution is 0.0711. The van der Waals surface area contributed by atoms with Crippen LogP contribution in [0, 0.1) is 0 Å². The van der Waals surface area contributed by atoms with Gasteiger partial charge in [-0.1, -0.05) is 55.5 Å². The Labute approximate surface area is 222 Å². The SMILES string of the molecule is CCCc1nc(C(C)(C)O)c(C(N)=O)n1Cc1ccc(-c2ccc(-c3nnnn3CCCCO)cc2)cc1. The van der Waals surface area contributed by atoms with Crippen molar-refractivity contribution >= 4 is 5.91 Å². The van der Waals surface area contributed by atoms with Gasteiger partial charge in [-0.15, -0.1) is 5.10 Å². The minimum atomic E-state index is -1.28. The van der Waals surface area contributed by atoms with Gasteiger partial charge in [0.1, 0.15) is 22.8 Å². The normalized spacial score (nSPS) is 11.7. The topological polar surface area (TPSA) is 145 Å². The predicted molar refractivity (Wildman–Crippen MR) is 144 cm³/mol. The summed E-state index contributed by atoms with van der Waals surface area (Å²) in [7, 11) is 0. The maximum Gasteiger partial charge on any atom is 0.267 e. The van der Waals surface area contributed by atoms with E-state index in [1.807, 2.05) is 60.0 Å². The van der Waals surface area contributed by atoms with Crippen molar-refractivity contribution in [1.82, 2.24) is 29.8 Å². The van der Waals surface area contributed by atoms with Crippen LogP contribution in [0.1, 0.15) is 67.6 Å². The van der Waals surface area contributed by atoms with Crippen molar-refractivity contribution < 1.29 is 15.0 Å². The number of carbonyl (C=O) groups is 1. The summed E-state index contributed by atoms with van der Waals surface area (Å²) in [6.07, 6.45) is 3.04. The summed E-state index contributed by atoms with van der Waals surface area (Å²) in [5.74, 6) is 0.827. The zero-order chi connectivity index (χ0) is 27.3. The Morgan fingerprint density at radius 1 is 1.00 bits per heavy atom. The third-order valence-corrected chi connectivity index (χ3v) is 6.41. The minimum Gasteiger partial charge on any atom is -0.396 e. The second-order valence-electron chi connectivity index (χ2n) is 9.92. The number of aryl methyl sites for hydroxylation is 2. The van der Waals surface area contributed by atoms with Crippen LogP contribution < -0.4 is 5.73 Å². The summed E-state index contributed by atoms with van der Waals surface area (Å²) in [4.78, 5) is 17.0. The van der Waals surface area contributed by atoms with Gasteiger partial charge in [-0.2, -0.15) is 0 Å². The molecule has 1 amide bonds. The van der Waals surface area contributed by atoms with E-state index in [1.165, 1.54) is 0 Å². The van der Waals surface area contributed by atoms with Crippen molar-refractivity contribution in [1.29, 1.82) is 0 Å². The van der Waals surface area contributed by atoms with Crippen molar-refractivity contribution in [2.45, 2.75) is 65.1 Å². The van der Waals surface area contributed by atoms with Crippen molar-refractivity contribution in [2.75, 3.05) is 6.61 Å². The molecule has 0 unspecified atom stereocenters. The lowest BCUT2D eigenvalue weighted by Crippen LogP contribution is -2.25. The van der Waals surface area contributed by atoms with Crippen LogP contribution in [0.15, 0.2) is 48.5 Å². The van der Waals surface area contributed by atoms with Crippen LogP contribution >= 0.6 is 0 Å². The second-order valence-corrected chi connectivity index (χ2v) is 9.92.